The van der Waals surface area contributed by atoms with Crippen LogP contribution in [-0.4, -0.2) is 62.1 Å². The van der Waals surface area contributed by atoms with Crippen molar-refractivity contribution in [3.63, 3.8) is 0 Å². The van der Waals surface area contributed by atoms with Crippen LogP contribution in [-0.2, 0) is 33.6 Å². The zero-order chi connectivity index (χ0) is 25.7. The molecule has 7 heteroatoms. The zero-order valence-corrected chi connectivity index (χ0v) is 21.0. The Bertz CT molecular complexity index is 1200. The standard InChI is InChI=1S/C29H33FN2O4/c1-3-19-13-21(27(33)5-4-8-32-9-11-36-12-10-32)7-6-20(19)16-28(34)25-15-22-14-23(30)17-26(31-2)24(22)18-29(25)35/h6-7,13-15,17,31H,3-5,8-12,16,18H2,1-2H3. The Hall–Kier alpha value is -3.16. The Balaban J connectivity index is 1.44. The smallest absolute Gasteiger partial charge is 0.170 e. The van der Waals surface area contributed by atoms with E-state index in [2.05, 4.69) is 10.2 Å². The van der Waals surface area contributed by atoms with E-state index in [1.54, 1.807) is 13.1 Å². The van der Waals surface area contributed by atoms with Gasteiger partial charge in [0.2, 0.25) is 0 Å². The van der Waals surface area contributed by atoms with E-state index in [1.807, 2.05) is 19.1 Å². The van der Waals surface area contributed by atoms with E-state index in [-0.39, 0.29) is 35.8 Å². The van der Waals surface area contributed by atoms with Crippen LogP contribution in [0.3, 0.4) is 0 Å². The summed E-state index contributed by atoms with van der Waals surface area (Å²) in [5.41, 5.74) is 4.29. The highest BCUT2D eigenvalue weighted by atomic mass is 19.1. The molecule has 36 heavy (non-hydrogen) atoms. The predicted octanol–water partition coefficient (Wildman–Crippen LogP) is 4.05. The van der Waals surface area contributed by atoms with E-state index >= 15 is 0 Å². The van der Waals surface area contributed by atoms with Crippen molar-refractivity contribution < 1.29 is 23.5 Å². The number of nitrogens with one attached hydrogen (secondary N) is 1. The number of rotatable bonds is 10. The third kappa shape index (κ3) is 5.97. The van der Waals surface area contributed by atoms with Gasteiger partial charge in [0.15, 0.2) is 17.3 Å². The summed E-state index contributed by atoms with van der Waals surface area (Å²) in [7, 11) is 1.68. The largest absolute Gasteiger partial charge is 0.388 e. The number of anilines is 1. The van der Waals surface area contributed by atoms with Gasteiger partial charge in [-0.2, -0.15) is 0 Å². The summed E-state index contributed by atoms with van der Waals surface area (Å²) in [5.74, 6) is -0.880. The molecule has 2 aromatic carbocycles. The molecule has 0 bridgehead atoms. The zero-order valence-electron chi connectivity index (χ0n) is 21.0. The molecule has 0 radical (unpaired) electrons. The van der Waals surface area contributed by atoms with Gasteiger partial charge >= 0.3 is 0 Å². The van der Waals surface area contributed by atoms with Gasteiger partial charge in [-0.15, -0.1) is 0 Å². The number of aryl methyl sites for hydroxylation is 1. The number of carbonyl (C=O) groups is 3. The van der Waals surface area contributed by atoms with Crippen LogP contribution in [0.15, 0.2) is 35.9 Å². The number of benzene rings is 2. The lowest BCUT2D eigenvalue weighted by molar-refractivity contribution is -0.120. The molecule has 1 fully saturated rings. The normalized spacial score (nSPS) is 15.9. The lowest BCUT2D eigenvalue weighted by Gasteiger charge is -2.26. The van der Waals surface area contributed by atoms with Gasteiger partial charge in [-0.25, -0.2) is 4.39 Å². The minimum Gasteiger partial charge on any atom is -0.388 e. The van der Waals surface area contributed by atoms with Gasteiger partial charge < -0.3 is 10.1 Å². The van der Waals surface area contributed by atoms with Crippen molar-refractivity contribution in [2.75, 3.05) is 45.2 Å². The highest BCUT2D eigenvalue weighted by molar-refractivity contribution is 6.25. The van der Waals surface area contributed by atoms with Gasteiger partial charge in [0.25, 0.3) is 0 Å². The summed E-state index contributed by atoms with van der Waals surface area (Å²) >= 11 is 0. The first kappa shape index (κ1) is 25.9. The Morgan fingerprint density at radius 3 is 2.58 bits per heavy atom. The molecule has 0 atom stereocenters. The van der Waals surface area contributed by atoms with Crippen molar-refractivity contribution in [3.05, 3.63) is 69.5 Å². The second-order valence-electron chi connectivity index (χ2n) is 9.35. The highest BCUT2D eigenvalue weighted by Gasteiger charge is 2.26. The Kier molecular flexibility index (Phi) is 8.44. The Labute approximate surface area is 211 Å². The minimum absolute atomic E-state index is 0.0574. The van der Waals surface area contributed by atoms with Crippen LogP contribution in [0, 0.1) is 5.82 Å². The van der Waals surface area contributed by atoms with E-state index in [0.717, 1.165) is 50.4 Å². The number of halogens is 1. The molecule has 0 spiro atoms. The third-order valence-electron chi connectivity index (χ3n) is 7.00. The second kappa shape index (κ2) is 11.7. The number of nitrogens with zero attached hydrogens (tertiary/aromatic N) is 1. The third-order valence-corrected chi connectivity index (χ3v) is 7.00. The maximum atomic E-state index is 14.0. The molecule has 0 unspecified atom stereocenters. The fourth-order valence-corrected chi connectivity index (χ4v) is 4.94. The number of ether oxygens (including phenoxy) is 1. The fraction of sp³-hybridized carbons (Fsp3) is 0.414. The maximum absolute atomic E-state index is 14.0. The quantitative estimate of drug-likeness (QED) is 0.399. The van der Waals surface area contributed by atoms with E-state index < -0.39 is 5.82 Å². The van der Waals surface area contributed by atoms with Gasteiger partial charge in [-0.3, -0.25) is 19.3 Å². The van der Waals surface area contributed by atoms with Crippen LogP contribution in [0.5, 0.6) is 0 Å². The molecule has 1 heterocycles. The van der Waals surface area contributed by atoms with E-state index in [1.165, 1.54) is 18.2 Å². The molecule has 2 aromatic rings. The van der Waals surface area contributed by atoms with Crippen LogP contribution in [0.1, 0.15) is 52.4 Å². The number of allylic oxidation sites excluding steroid dienone is 1. The molecule has 0 amide bonds. The SMILES string of the molecule is CCc1cc(C(=O)CCCN2CCOCC2)ccc1CC(=O)C1=Cc2cc(F)cc(NC)c2CC1=O. The number of hydrogen-bond donors (Lipinski definition) is 1. The molecule has 1 saturated heterocycles. The second-order valence-corrected chi connectivity index (χ2v) is 9.35. The lowest BCUT2D eigenvalue weighted by Crippen LogP contribution is -2.36. The lowest BCUT2D eigenvalue weighted by atomic mass is 9.86. The summed E-state index contributed by atoms with van der Waals surface area (Å²) in [6.45, 7) is 6.18. The van der Waals surface area contributed by atoms with Crippen molar-refractivity contribution in [2.45, 2.75) is 39.0 Å². The van der Waals surface area contributed by atoms with Crippen molar-refractivity contribution in [1.29, 1.82) is 0 Å². The molecule has 190 valence electrons. The predicted molar refractivity (Wildman–Crippen MR) is 138 cm³/mol. The number of hydrogen-bond acceptors (Lipinski definition) is 6. The van der Waals surface area contributed by atoms with Crippen molar-refractivity contribution in [1.82, 2.24) is 4.90 Å². The Morgan fingerprint density at radius 1 is 1.08 bits per heavy atom. The van der Waals surface area contributed by atoms with Crippen molar-refractivity contribution >= 4 is 29.1 Å². The Morgan fingerprint density at radius 2 is 1.86 bits per heavy atom. The van der Waals surface area contributed by atoms with Gasteiger partial charge in [0.05, 0.1) is 18.8 Å². The van der Waals surface area contributed by atoms with Crippen LogP contribution in [0.25, 0.3) is 6.08 Å². The minimum atomic E-state index is -0.422. The summed E-state index contributed by atoms with van der Waals surface area (Å²) in [6, 6.07) is 8.19. The van der Waals surface area contributed by atoms with Gasteiger partial charge in [-0.05, 0) is 65.9 Å². The number of ketones is 3. The first-order valence-electron chi connectivity index (χ1n) is 12.6. The average molecular weight is 493 g/mol. The van der Waals surface area contributed by atoms with Crippen molar-refractivity contribution in [3.8, 4) is 0 Å². The van der Waals surface area contributed by atoms with Crippen molar-refractivity contribution in [2.24, 2.45) is 0 Å². The molecule has 1 aliphatic carbocycles. The number of fused-ring (bicyclic) bond motifs is 1. The summed E-state index contributed by atoms with van der Waals surface area (Å²) in [4.78, 5) is 41.0. The molecule has 6 nitrogen and oxygen atoms in total. The maximum Gasteiger partial charge on any atom is 0.170 e. The number of Topliss-reactive ketones (excluding diaryl/α,β-unsaturated/α-hetero) is 3. The van der Waals surface area contributed by atoms with Crippen LogP contribution >= 0.6 is 0 Å². The fourth-order valence-electron chi connectivity index (χ4n) is 4.94. The highest BCUT2D eigenvalue weighted by Crippen LogP contribution is 2.30. The average Bonchev–Trinajstić information content (AvgIpc) is 2.88. The monoisotopic (exact) mass is 492 g/mol. The van der Waals surface area contributed by atoms with Gasteiger partial charge in [-0.1, -0.05) is 19.1 Å². The summed E-state index contributed by atoms with van der Waals surface area (Å²) < 4.78 is 19.4. The first-order valence-corrected chi connectivity index (χ1v) is 12.6. The van der Waals surface area contributed by atoms with Crippen LogP contribution in [0.2, 0.25) is 0 Å². The summed E-state index contributed by atoms with van der Waals surface area (Å²) in [6.07, 6.45) is 3.58. The van der Waals surface area contributed by atoms with Crippen LogP contribution < -0.4 is 5.32 Å². The molecule has 1 aliphatic heterocycles. The molecule has 2 aliphatic rings. The topological polar surface area (TPSA) is 75.7 Å². The molecular weight excluding hydrogens is 459 g/mol. The first-order chi connectivity index (χ1) is 17.4. The molecule has 4 rings (SSSR count). The van der Waals surface area contributed by atoms with Gasteiger partial charge in [0, 0.05) is 50.7 Å². The van der Waals surface area contributed by atoms with E-state index in [9.17, 15) is 18.8 Å². The molecule has 0 saturated carbocycles. The number of carbonyl (C=O) groups excluding carboxylic acids is 3. The van der Waals surface area contributed by atoms with Gasteiger partial charge in [0.1, 0.15) is 5.82 Å². The molecule has 0 aromatic heterocycles. The molecular formula is C29H33FN2O4. The van der Waals surface area contributed by atoms with Crippen LogP contribution in [0.4, 0.5) is 10.1 Å². The number of morpholine rings is 1. The van der Waals surface area contributed by atoms with E-state index in [4.69, 9.17) is 4.74 Å². The van der Waals surface area contributed by atoms with E-state index in [0.29, 0.717) is 35.2 Å². The summed E-state index contributed by atoms with van der Waals surface area (Å²) in [5, 5.41) is 2.92. The molecule has 1 N–H and O–H groups in total.